The maximum Gasteiger partial charge on any atom is 0.311 e. The first-order chi connectivity index (χ1) is 27.5. The highest BCUT2D eigenvalue weighted by Gasteiger charge is 2.63. The van der Waals surface area contributed by atoms with Crippen molar-refractivity contribution in [2.24, 2.45) is 46.8 Å². The zero-order valence-electron chi connectivity index (χ0n) is 39.4. The molecule has 0 aromatic rings. The first kappa shape index (κ1) is 48.8. The number of hydrogen-bond donors (Lipinski definition) is 2. The van der Waals surface area contributed by atoms with Crippen LogP contribution in [0.15, 0.2) is 12.2 Å². The average molecular weight is 849 g/mol. The van der Waals surface area contributed by atoms with Crippen LogP contribution < -0.4 is 0 Å². The van der Waals surface area contributed by atoms with Gasteiger partial charge in [-0.25, -0.2) is 0 Å². The molecule has 0 aromatic carbocycles. The SMILES string of the molecule is CCC(C(=O)OCC[Si](C)(C)C)[C@H]1CC[C@H](C)[C@H]([C@@H](C)[C@H](O)[C@H](C)C(=O)[C@H](CC)C2O[C@]3(C=CC(C)(C)[C@]4(CCC([C@H]5CC[C@](O)(CC)[C@H](C)O5)O4)O3)[C@H](C)C[C@@H]2C)O1. The molecule has 0 aromatic heterocycles. The van der Waals surface area contributed by atoms with E-state index in [-0.39, 0.29) is 71.9 Å². The highest BCUT2D eigenvalue weighted by Crippen LogP contribution is 2.56. The third-order valence-electron chi connectivity index (χ3n) is 15.8. The molecule has 0 bridgehead atoms. The number of carbonyl (C=O) groups is 2. The second-order valence-corrected chi connectivity index (χ2v) is 27.2. The molecule has 340 valence electrons. The van der Waals surface area contributed by atoms with Gasteiger partial charge in [0.2, 0.25) is 0 Å². The van der Waals surface area contributed by atoms with Gasteiger partial charge in [0.25, 0.3) is 0 Å². The maximum absolute atomic E-state index is 14.7. The fraction of sp³-hybridized carbons (Fsp3) is 0.917. The molecule has 5 aliphatic rings. The predicted molar refractivity (Wildman–Crippen MR) is 233 cm³/mol. The van der Waals surface area contributed by atoms with Gasteiger partial charge in [-0.3, -0.25) is 9.59 Å². The number of ketones is 1. The summed E-state index contributed by atoms with van der Waals surface area (Å²) in [6.07, 6.45) is 8.90. The Morgan fingerprint density at radius 2 is 1.51 bits per heavy atom. The zero-order chi connectivity index (χ0) is 43.9. The molecular weight excluding hydrogens is 765 g/mol. The second-order valence-electron chi connectivity index (χ2n) is 21.6. The van der Waals surface area contributed by atoms with Crippen molar-refractivity contribution in [3.8, 4) is 0 Å². The summed E-state index contributed by atoms with van der Waals surface area (Å²) in [5, 5.41) is 23.0. The number of Topliss-reactive ketones (excluding diaryl/α,β-unsaturated/α-hetero) is 1. The number of aliphatic hydroxyl groups excluding tert-OH is 1. The van der Waals surface area contributed by atoms with Gasteiger partial charge >= 0.3 is 5.97 Å². The first-order valence-corrected chi connectivity index (χ1v) is 27.4. The largest absolute Gasteiger partial charge is 0.466 e. The summed E-state index contributed by atoms with van der Waals surface area (Å²) in [6.45, 7) is 29.9. The number of hydrogen-bond acceptors (Lipinski definition) is 10. The summed E-state index contributed by atoms with van der Waals surface area (Å²) in [5.41, 5.74) is -1.26. The van der Waals surface area contributed by atoms with Crippen molar-refractivity contribution in [3.63, 3.8) is 0 Å². The molecule has 0 aliphatic carbocycles. The van der Waals surface area contributed by atoms with Crippen molar-refractivity contribution >= 4 is 19.8 Å². The van der Waals surface area contributed by atoms with E-state index in [1.807, 2.05) is 41.5 Å². The van der Waals surface area contributed by atoms with E-state index < -0.39 is 54.7 Å². The Kier molecular flexibility index (Phi) is 15.6. The molecule has 3 unspecified atom stereocenters. The number of ether oxygens (including phenoxy) is 6. The Morgan fingerprint density at radius 1 is 0.847 bits per heavy atom. The summed E-state index contributed by atoms with van der Waals surface area (Å²) in [6, 6.07) is 0.929. The van der Waals surface area contributed by atoms with Gasteiger partial charge in [0.15, 0.2) is 11.6 Å². The van der Waals surface area contributed by atoms with Crippen LogP contribution in [0.4, 0.5) is 0 Å². The number of rotatable bonds is 15. The molecule has 5 aliphatic heterocycles. The van der Waals surface area contributed by atoms with E-state index in [1.165, 1.54) is 0 Å². The van der Waals surface area contributed by atoms with Crippen LogP contribution in [0.5, 0.6) is 0 Å². The minimum atomic E-state index is -1.34. The van der Waals surface area contributed by atoms with E-state index in [1.54, 1.807) is 0 Å². The third kappa shape index (κ3) is 10.1. The van der Waals surface area contributed by atoms with Crippen LogP contribution in [0.1, 0.15) is 140 Å². The zero-order valence-corrected chi connectivity index (χ0v) is 40.4. The van der Waals surface area contributed by atoms with Crippen molar-refractivity contribution in [2.45, 2.75) is 226 Å². The van der Waals surface area contributed by atoms with Crippen molar-refractivity contribution in [1.82, 2.24) is 0 Å². The van der Waals surface area contributed by atoms with Crippen LogP contribution in [0.3, 0.4) is 0 Å². The van der Waals surface area contributed by atoms with Gasteiger partial charge in [-0.1, -0.05) is 95.0 Å². The standard InChI is InChI=1S/C48H84O10Si/c1-15-35(44(51)53-26-27-59(12,13)14)37-19-18-29(4)42(55-37)33(8)40(49)32(7)41(50)36(16-2)43-30(5)28-31(6)47(57-43)25-24-45(10,11)48(58-47)23-21-39(56-48)38-20-22-46(52,17-3)34(9)54-38/h24-25,29-40,42-43,49,52H,15-23,26-28H2,1-14H3/t29-,30-,31+,32-,33-,34-,35?,36-,37+,38+,39?,40+,42+,43?,46+,47-,48-/m0/s1. The number of carbonyl (C=O) groups excluding carboxylic acids is 2. The molecule has 2 N–H and O–H groups in total. The Morgan fingerprint density at radius 3 is 2.12 bits per heavy atom. The van der Waals surface area contributed by atoms with Gasteiger partial charge in [0, 0.05) is 43.6 Å². The summed E-state index contributed by atoms with van der Waals surface area (Å²) in [5.74, 6) is -3.76. The van der Waals surface area contributed by atoms with Gasteiger partial charge < -0.3 is 38.6 Å². The van der Waals surface area contributed by atoms with Gasteiger partial charge in [0.05, 0.1) is 60.9 Å². The molecule has 2 spiro atoms. The summed E-state index contributed by atoms with van der Waals surface area (Å²) in [7, 11) is -1.34. The fourth-order valence-electron chi connectivity index (χ4n) is 11.1. The Balaban J connectivity index is 1.28. The van der Waals surface area contributed by atoms with Crippen LogP contribution in [0, 0.1) is 46.8 Å². The molecule has 0 saturated carbocycles. The van der Waals surface area contributed by atoms with Crippen molar-refractivity contribution < 1.29 is 48.2 Å². The third-order valence-corrected chi connectivity index (χ3v) is 17.5. The fourth-order valence-corrected chi connectivity index (χ4v) is 11.8. The summed E-state index contributed by atoms with van der Waals surface area (Å²) < 4.78 is 40.3. The topological polar surface area (TPSA) is 130 Å². The van der Waals surface area contributed by atoms with E-state index in [0.29, 0.717) is 38.7 Å². The Hall–Kier alpha value is -1.18. The highest BCUT2D eigenvalue weighted by atomic mass is 28.3. The van der Waals surface area contributed by atoms with Crippen LogP contribution in [0.2, 0.25) is 25.7 Å². The monoisotopic (exact) mass is 849 g/mol. The van der Waals surface area contributed by atoms with E-state index in [2.05, 4.69) is 66.4 Å². The molecule has 59 heavy (non-hydrogen) atoms. The molecule has 5 heterocycles. The van der Waals surface area contributed by atoms with Crippen LogP contribution >= 0.6 is 0 Å². The van der Waals surface area contributed by atoms with Gasteiger partial charge in [-0.15, -0.1) is 0 Å². The van der Waals surface area contributed by atoms with Gasteiger partial charge in [-0.05, 0) is 88.7 Å². The van der Waals surface area contributed by atoms with Crippen molar-refractivity contribution in [1.29, 1.82) is 0 Å². The molecule has 17 atom stereocenters. The van der Waals surface area contributed by atoms with Gasteiger partial charge in [-0.2, -0.15) is 0 Å². The van der Waals surface area contributed by atoms with Crippen LogP contribution in [0.25, 0.3) is 0 Å². The molecule has 4 fully saturated rings. The van der Waals surface area contributed by atoms with Gasteiger partial charge in [0.1, 0.15) is 5.78 Å². The highest BCUT2D eigenvalue weighted by molar-refractivity contribution is 6.76. The molecule has 0 amide bonds. The number of aliphatic hydroxyl groups is 2. The van der Waals surface area contributed by atoms with Crippen LogP contribution in [-0.4, -0.2) is 96.5 Å². The Bertz CT molecular complexity index is 1460. The second kappa shape index (κ2) is 18.9. The normalized spacial score (nSPS) is 41.3. The number of esters is 1. The lowest BCUT2D eigenvalue weighted by Crippen LogP contribution is -2.63. The quantitative estimate of drug-likeness (QED) is 0.0935. The molecule has 4 saturated heterocycles. The minimum absolute atomic E-state index is 0.00392. The van der Waals surface area contributed by atoms with E-state index in [0.717, 1.165) is 38.1 Å². The van der Waals surface area contributed by atoms with Crippen molar-refractivity contribution in [2.75, 3.05) is 6.61 Å². The van der Waals surface area contributed by atoms with Crippen molar-refractivity contribution in [3.05, 3.63) is 12.2 Å². The van der Waals surface area contributed by atoms with Crippen LogP contribution in [-0.2, 0) is 38.0 Å². The maximum atomic E-state index is 14.7. The molecule has 5 rings (SSSR count). The lowest BCUT2D eigenvalue weighted by molar-refractivity contribution is -0.407. The predicted octanol–water partition coefficient (Wildman–Crippen LogP) is 9.26. The minimum Gasteiger partial charge on any atom is -0.466 e. The van der Waals surface area contributed by atoms with E-state index >= 15 is 0 Å². The Labute approximate surface area is 358 Å². The molecule has 11 heteroatoms. The van der Waals surface area contributed by atoms with E-state index in [9.17, 15) is 19.8 Å². The molecule has 10 nitrogen and oxygen atoms in total. The smallest absolute Gasteiger partial charge is 0.311 e. The lowest BCUT2D eigenvalue weighted by atomic mass is 9.71. The average Bonchev–Trinajstić information content (AvgIpc) is 3.61. The molecular formula is C48H84O10Si. The summed E-state index contributed by atoms with van der Waals surface area (Å²) >= 11 is 0. The summed E-state index contributed by atoms with van der Waals surface area (Å²) in [4.78, 5) is 27.9. The lowest BCUT2D eigenvalue weighted by Gasteiger charge is -2.56. The van der Waals surface area contributed by atoms with E-state index in [4.69, 9.17) is 28.4 Å². The first-order valence-electron chi connectivity index (χ1n) is 23.6. The molecule has 0 radical (unpaired) electrons.